The summed E-state index contributed by atoms with van der Waals surface area (Å²) >= 11 is 0. The molecule has 0 unspecified atom stereocenters. The molecule has 28 heavy (non-hydrogen) atoms. The van der Waals surface area contributed by atoms with Crippen molar-refractivity contribution in [2.45, 2.75) is 51.4 Å². The van der Waals surface area contributed by atoms with Gasteiger partial charge in [-0.1, -0.05) is 12.5 Å². The molecule has 0 aliphatic carbocycles. The third-order valence-corrected chi connectivity index (χ3v) is 5.57. The molecule has 0 radical (unpaired) electrons. The van der Waals surface area contributed by atoms with Crippen molar-refractivity contribution in [3.05, 3.63) is 23.4 Å². The third kappa shape index (κ3) is 6.19. The van der Waals surface area contributed by atoms with E-state index in [4.69, 9.17) is 10.1 Å². The van der Waals surface area contributed by atoms with E-state index < -0.39 is 5.97 Å². The zero-order valence-electron chi connectivity index (χ0n) is 16.7. The molecule has 1 amide bonds. The van der Waals surface area contributed by atoms with Crippen LogP contribution in [0.1, 0.15) is 49.8 Å². The van der Waals surface area contributed by atoms with Gasteiger partial charge in [-0.2, -0.15) is 0 Å². The van der Waals surface area contributed by atoms with Crippen LogP contribution < -0.4 is 5.32 Å². The maximum atomic E-state index is 12.6. The Balaban J connectivity index is 1.49. The van der Waals surface area contributed by atoms with Gasteiger partial charge in [0.2, 0.25) is 5.91 Å². The number of nitrogens with zero attached hydrogens (tertiary/aromatic N) is 3. The van der Waals surface area contributed by atoms with E-state index in [9.17, 15) is 9.59 Å². The summed E-state index contributed by atoms with van der Waals surface area (Å²) in [5.74, 6) is 0.336. The van der Waals surface area contributed by atoms with Crippen molar-refractivity contribution in [3.63, 3.8) is 0 Å². The molecule has 1 aromatic rings. The molecule has 0 aromatic carbocycles. The van der Waals surface area contributed by atoms with Crippen LogP contribution in [0.25, 0.3) is 0 Å². The highest BCUT2D eigenvalue weighted by atomic mass is 16.4. The van der Waals surface area contributed by atoms with Gasteiger partial charge in [0.25, 0.3) is 0 Å². The van der Waals surface area contributed by atoms with Gasteiger partial charge in [-0.05, 0) is 56.7 Å². The van der Waals surface area contributed by atoms with Crippen LogP contribution in [0.15, 0.2) is 12.1 Å². The highest BCUT2D eigenvalue weighted by Crippen LogP contribution is 2.20. The molecule has 7 heteroatoms. The van der Waals surface area contributed by atoms with E-state index in [0.29, 0.717) is 13.0 Å². The number of aryl methyl sites for hydroxylation is 2. The average molecular weight is 389 g/mol. The molecule has 1 fully saturated rings. The number of carboxylic acid groups (broad SMARTS) is 1. The highest BCUT2D eigenvalue weighted by molar-refractivity contribution is 5.76. The third-order valence-electron chi connectivity index (χ3n) is 5.57. The van der Waals surface area contributed by atoms with Crippen molar-refractivity contribution < 1.29 is 14.7 Å². The largest absolute Gasteiger partial charge is 0.480 e. The second-order valence-corrected chi connectivity index (χ2v) is 7.81. The molecule has 2 aliphatic heterocycles. The molecular weight excluding hydrogens is 356 g/mol. The zero-order valence-corrected chi connectivity index (χ0v) is 16.7. The van der Waals surface area contributed by atoms with Gasteiger partial charge in [0.1, 0.15) is 5.82 Å². The second-order valence-electron chi connectivity index (χ2n) is 7.81. The van der Waals surface area contributed by atoms with Gasteiger partial charge >= 0.3 is 5.97 Å². The number of fused-ring (bicyclic) bond motifs is 1. The van der Waals surface area contributed by atoms with Crippen LogP contribution in [0.5, 0.6) is 0 Å². The van der Waals surface area contributed by atoms with Gasteiger partial charge in [0.05, 0.1) is 6.54 Å². The minimum atomic E-state index is -0.826. The number of aromatic nitrogens is 1. The number of rotatable bonds is 6. The molecular formula is C21H32N4O3. The summed E-state index contributed by atoms with van der Waals surface area (Å²) in [5, 5.41) is 12.4. The maximum Gasteiger partial charge on any atom is 0.317 e. The fourth-order valence-corrected chi connectivity index (χ4v) is 4.01. The summed E-state index contributed by atoms with van der Waals surface area (Å²) in [7, 11) is 0. The number of aliphatic carboxylic acids is 1. The molecule has 1 aromatic heterocycles. The SMILES string of the molecule is O=C(O)CN1CCCCCN(CCCc2ccc3c(n2)NCCC3)C(=O)CC1. The first-order chi connectivity index (χ1) is 13.6. The van der Waals surface area contributed by atoms with Crippen LogP contribution in [-0.2, 0) is 22.4 Å². The van der Waals surface area contributed by atoms with Gasteiger partial charge in [-0.25, -0.2) is 4.98 Å². The van der Waals surface area contributed by atoms with E-state index in [0.717, 1.165) is 82.6 Å². The highest BCUT2D eigenvalue weighted by Gasteiger charge is 2.18. The van der Waals surface area contributed by atoms with E-state index in [1.807, 2.05) is 9.80 Å². The number of carbonyl (C=O) groups is 2. The Morgan fingerprint density at radius 1 is 1.11 bits per heavy atom. The monoisotopic (exact) mass is 388 g/mol. The van der Waals surface area contributed by atoms with Crippen LogP contribution in [0, 0.1) is 0 Å². The average Bonchev–Trinajstić information content (AvgIpc) is 2.69. The van der Waals surface area contributed by atoms with E-state index in [2.05, 4.69) is 17.4 Å². The summed E-state index contributed by atoms with van der Waals surface area (Å²) in [6.45, 7) is 3.84. The zero-order chi connectivity index (χ0) is 19.8. The summed E-state index contributed by atoms with van der Waals surface area (Å²) in [6.07, 6.45) is 7.41. The molecule has 2 aliphatic rings. The number of anilines is 1. The molecule has 1 saturated heterocycles. The number of hydrogen-bond acceptors (Lipinski definition) is 5. The van der Waals surface area contributed by atoms with Gasteiger partial charge in [-0.15, -0.1) is 0 Å². The lowest BCUT2D eigenvalue weighted by Gasteiger charge is -2.27. The van der Waals surface area contributed by atoms with Crippen LogP contribution in [0.4, 0.5) is 5.82 Å². The number of pyridine rings is 1. The fourth-order valence-electron chi connectivity index (χ4n) is 4.01. The normalized spacial score (nSPS) is 19.0. The topological polar surface area (TPSA) is 85.8 Å². The summed E-state index contributed by atoms with van der Waals surface area (Å²) in [5.41, 5.74) is 2.38. The van der Waals surface area contributed by atoms with E-state index in [1.54, 1.807) is 0 Å². The predicted octanol–water partition coefficient (Wildman–Crippen LogP) is 2.16. The Hall–Kier alpha value is -2.15. The Morgan fingerprint density at radius 2 is 1.96 bits per heavy atom. The van der Waals surface area contributed by atoms with Crippen molar-refractivity contribution >= 4 is 17.7 Å². The molecule has 0 atom stereocenters. The summed E-state index contributed by atoms with van der Waals surface area (Å²) < 4.78 is 0. The first-order valence-electron chi connectivity index (χ1n) is 10.6. The van der Waals surface area contributed by atoms with Gasteiger partial charge in [0, 0.05) is 38.3 Å². The van der Waals surface area contributed by atoms with Crippen LogP contribution in [0.3, 0.4) is 0 Å². The van der Waals surface area contributed by atoms with Crippen molar-refractivity contribution in [2.24, 2.45) is 0 Å². The number of hydrogen-bond donors (Lipinski definition) is 2. The van der Waals surface area contributed by atoms with Crippen molar-refractivity contribution in [1.82, 2.24) is 14.8 Å². The Morgan fingerprint density at radius 3 is 2.82 bits per heavy atom. The number of carbonyl (C=O) groups excluding carboxylic acids is 1. The van der Waals surface area contributed by atoms with Crippen LogP contribution in [0.2, 0.25) is 0 Å². The Labute approximate surface area is 167 Å². The van der Waals surface area contributed by atoms with Crippen molar-refractivity contribution in [1.29, 1.82) is 0 Å². The lowest BCUT2D eigenvalue weighted by atomic mass is 10.1. The first kappa shape index (κ1) is 20.6. The molecule has 0 saturated carbocycles. The van der Waals surface area contributed by atoms with Crippen LogP contribution >= 0.6 is 0 Å². The van der Waals surface area contributed by atoms with Crippen molar-refractivity contribution in [3.8, 4) is 0 Å². The number of carboxylic acids is 1. The standard InChI is InChI=1S/C21H32N4O3/c26-19-10-15-24(16-20(27)28)12-2-1-3-13-25(19)14-5-7-18-9-8-17-6-4-11-22-21(17)23-18/h8-9H,1-7,10-16H2,(H,22,23)(H,27,28). The van der Waals surface area contributed by atoms with Crippen molar-refractivity contribution in [2.75, 3.05) is 44.6 Å². The van der Waals surface area contributed by atoms with E-state index >= 15 is 0 Å². The lowest BCUT2D eigenvalue weighted by Crippen LogP contribution is -2.39. The smallest absolute Gasteiger partial charge is 0.317 e. The first-order valence-corrected chi connectivity index (χ1v) is 10.6. The molecule has 0 bridgehead atoms. The minimum Gasteiger partial charge on any atom is -0.480 e. The molecule has 7 nitrogen and oxygen atoms in total. The minimum absolute atomic E-state index is 0.0192. The molecule has 3 heterocycles. The molecule has 3 rings (SSSR count). The van der Waals surface area contributed by atoms with E-state index in [1.165, 1.54) is 5.56 Å². The summed E-state index contributed by atoms with van der Waals surface area (Å²) in [4.78, 5) is 32.2. The predicted molar refractivity (Wildman–Crippen MR) is 108 cm³/mol. The Kier molecular flexibility index (Phi) is 7.65. The summed E-state index contributed by atoms with van der Waals surface area (Å²) in [6, 6.07) is 4.29. The van der Waals surface area contributed by atoms with E-state index in [-0.39, 0.29) is 12.5 Å². The second kappa shape index (κ2) is 10.4. The molecule has 0 spiro atoms. The quantitative estimate of drug-likeness (QED) is 0.777. The lowest BCUT2D eigenvalue weighted by molar-refractivity contribution is -0.139. The van der Waals surface area contributed by atoms with Gasteiger partial charge in [0.15, 0.2) is 0 Å². The molecule has 2 N–H and O–H groups in total. The Bertz CT molecular complexity index is 680. The fraction of sp³-hybridized carbons (Fsp3) is 0.667. The molecule has 154 valence electrons. The van der Waals surface area contributed by atoms with Crippen LogP contribution in [-0.4, -0.2) is 71.0 Å². The number of amides is 1. The maximum absolute atomic E-state index is 12.6. The number of nitrogens with one attached hydrogen (secondary N) is 1. The van der Waals surface area contributed by atoms with Gasteiger partial charge in [-0.3, -0.25) is 14.5 Å². The van der Waals surface area contributed by atoms with Gasteiger partial charge < -0.3 is 15.3 Å².